The van der Waals surface area contributed by atoms with Gasteiger partial charge in [-0.25, -0.2) is 0 Å². The highest BCUT2D eigenvalue weighted by molar-refractivity contribution is 7.81. The van der Waals surface area contributed by atoms with E-state index < -0.39 is 0 Å². The fourth-order valence-corrected chi connectivity index (χ4v) is 1.15. The minimum absolute atomic E-state index is 0.0528. The van der Waals surface area contributed by atoms with E-state index in [1.807, 2.05) is 19.2 Å². The maximum atomic E-state index is 10.9. The molecule has 0 aliphatic carbocycles. The number of nitrogens with one attached hydrogen (secondary N) is 1. The van der Waals surface area contributed by atoms with Gasteiger partial charge in [-0.3, -0.25) is 9.48 Å². The van der Waals surface area contributed by atoms with Crippen molar-refractivity contribution in [2.24, 2.45) is 0 Å². The number of aromatic nitrogens is 2. The summed E-state index contributed by atoms with van der Waals surface area (Å²) in [4.78, 5) is 10.9. The lowest BCUT2D eigenvalue weighted by Crippen LogP contribution is -2.36. The van der Waals surface area contributed by atoms with Crippen LogP contribution in [0.1, 0.15) is 6.92 Å². The predicted octanol–water partition coefficient (Wildman–Crippen LogP) is 0.318. The first-order chi connectivity index (χ1) is 6.22. The molecule has 5 heteroatoms. The Labute approximate surface area is 82.7 Å². The van der Waals surface area contributed by atoms with Crippen LogP contribution in [0.15, 0.2) is 18.5 Å². The monoisotopic (exact) mass is 199 g/mol. The van der Waals surface area contributed by atoms with Crippen LogP contribution in [0.3, 0.4) is 0 Å². The van der Waals surface area contributed by atoms with Gasteiger partial charge >= 0.3 is 0 Å². The van der Waals surface area contributed by atoms with Gasteiger partial charge in [-0.15, -0.1) is 0 Å². The van der Waals surface area contributed by atoms with Crippen LogP contribution in [0.5, 0.6) is 0 Å². The van der Waals surface area contributed by atoms with Crippen LogP contribution >= 0.6 is 12.6 Å². The summed E-state index contributed by atoms with van der Waals surface area (Å²) in [6.45, 7) is 2.62. The van der Waals surface area contributed by atoms with Crippen molar-refractivity contribution in [3.05, 3.63) is 18.5 Å². The van der Waals surface area contributed by atoms with Crippen LogP contribution in [-0.2, 0) is 11.3 Å². The summed E-state index contributed by atoms with van der Waals surface area (Å²) < 4.78 is 1.78. The van der Waals surface area contributed by atoms with E-state index in [1.54, 1.807) is 10.9 Å². The van der Waals surface area contributed by atoms with Crippen molar-refractivity contribution in [2.75, 3.05) is 5.75 Å². The second kappa shape index (κ2) is 4.91. The number of amides is 1. The second-order valence-electron chi connectivity index (χ2n) is 2.85. The van der Waals surface area contributed by atoms with Crippen LogP contribution < -0.4 is 5.32 Å². The first-order valence-electron chi connectivity index (χ1n) is 4.10. The number of hydrogen-bond acceptors (Lipinski definition) is 3. The van der Waals surface area contributed by atoms with Gasteiger partial charge in [-0.1, -0.05) is 0 Å². The number of hydrogen-bond donors (Lipinski definition) is 2. The number of rotatable bonds is 4. The average molecular weight is 199 g/mol. The molecule has 1 N–H and O–H groups in total. The summed E-state index contributed by atoms with van der Waals surface area (Å²) in [5.74, 6) is 0.173. The van der Waals surface area contributed by atoms with Crippen LogP contribution in [0.25, 0.3) is 0 Å². The number of thiol groups is 1. The Hall–Kier alpha value is -0.970. The largest absolute Gasteiger partial charge is 0.351 e. The molecule has 0 saturated carbocycles. The summed E-state index contributed by atoms with van der Waals surface area (Å²) in [7, 11) is 0. The van der Waals surface area contributed by atoms with Gasteiger partial charge in [0.05, 0.1) is 12.3 Å². The third-order valence-electron chi connectivity index (χ3n) is 1.57. The van der Waals surface area contributed by atoms with Crippen molar-refractivity contribution in [2.45, 2.75) is 19.5 Å². The third kappa shape index (κ3) is 3.50. The van der Waals surface area contributed by atoms with Crippen molar-refractivity contribution < 1.29 is 4.79 Å². The van der Waals surface area contributed by atoms with Crippen LogP contribution in [0, 0.1) is 0 Å². The zero-order valence-corrected chi connectivity index (χ0v) is 8.37. The first kappa shape index (κ1) is 10.1. The molecule has 72 valence electrons. The van der Waals surface area contributed by atoms with Gasteiger partial charge in [0.1, 0.15) is 0 Å². The summed E-state index contributed by atoms with van der Waals surface area (Å²) in [6, 6.07) is 1.94. The van der Waals surface area contributed by atoms with E-state index in [4.69, 9.17) is 0 Å². The Balaban J connectivity index is 2.33. The maximum Gasteiger partial charge on any atom is 0.229 e. The molecule has 1 amide bonds. The molecule has 0 spiro atoms. The summed E-state index contributed by atoms with van der Waals surface area (Å²) >= 11 is 3.87. The molecule has 0 aliphatic heterocycles. The van der Waals surface area contributed by atoms with E-state index in [-0.39, 0.29) is 17.7 Å². The number of carbonyl (C=O) groups excluding carboxylic acids is 1. The van der Waals surface area contributed by atoms with Gasteiger partial charge in [0.2, 0.25) is 5.91 Å². The molecular formula is C8H13N3OS. The topological polar surface area (TPSA) is 46.9 Å². The highest BCUT2D eigenvalue weighted by atomic mass is 32.1. The highest BCUT2D eigenvalue weighted by Gasteiger charge is 2.05. The molecule has 4 nitrogen and oxygen atoms in total. The molecule has 1 heterocycles. The zero-order valence-electron chi connectivity index (χ0n) is 7.47. The number of nitrogens with zero attached hydrogens (tertiary/aromatic N) is 2. The minimum atomic E-state index is -0.0528. The summed E-state index contributed by atoms with van der Waals surface area (Å²) in [5, 5.41) is 6.83. The van der Waals surface area contributed by atoms with Gasteiger partial charge < -0.3 is 5.32 Å². The molecule has 13 heavy (non-hydrogen) atoms. The molecule has 1 atom stereocenters. The summed E-state index contributed by atoms with van der Waals surface area (Å²) in [5.41, 5.74) is 0. The SMILES string of the molecule is CC(Cn1cccn1)NC(=O)CS. The molecule has 0 bridgehead atoms. The van der Waals surface area contributed by atoms with Crippen molar-refractivity contribution in [3.8, 4) is 0 Å². The van der Waals surface area contributed by atoms with E-state index in [2.05, 4.69) is 23.0 Å². The fourth-order valence-electron chi connectivity index (χ4n) is 1.06. The molecule has 0 saturated heterocycles. The van der Waals surface area contributed by atoms with Crippen molar-refractivity contribution in [3.63, 3.8) is 0 Å². The van der Waals surface area contributed by atoms with Gasteiger partial charge in [-0.2, -0.15) is 17.7 Å². The van der Waals surface area contributed by atoms with Gasteiger partial charge in [-0.05, 0) is 13.0 Å². The molecule has 1 aromatic rings. The molecular weight excluding hydrogens is 186 g/mol. The van der Waals surface area contributed by atoms with Crippen molar-refractivity contribution >= 4 is 18.5 Å². The summed E-state index contributed by atoms with van der Waals surface area (Å²) in [6.07, 6.45) is 3.58. The fraction of sp³-hybridized carbons (Fsp3) is 0.500. The van der Waals surface area contributed by atoms with E-state index in [1.165, 1.54) is 0 Å². The average Bonchev–Trinajstić information content (AvgIpc) is 2.56. The smallest absolute Gasteiger partial charge is 0.229 e. The quantitative estimate of drug-likeness (QED) is 0.686. The Morgan fingerprint density at radius 1 is 1.77 bits per heavy atom. The van der Waals surface area contributed by atoms with Crippen LogP contribution in [-0.4, -0.2) is 27.5 Å². The molecule has 0 radical (unpaired) electrons. The van der Waals surface area contributed by atoms with E-state index in [9.17, 15) is 4.79 Å². The molecule has 1 aromatic heterocycles. The van der Waals surface area contributed by atoms with Crippen molar-refractivity contribution in [1.82, 2.24) is 15.1 Å². The second-order valence-corrected chi connectivity index (χ2v) is 3.17. The molecule has 0 aromatic carbocycles. The van der Waals surface area contributed by atoms with E-state index in [0.717, 1.165) is 0 Å². The van der Waals surface area contributed by atoms with Crippen molar-refractivity contribution in [1.29, 1.82) is 0 Å². The molecule has 0 fully saturated rings. The van der Waals surface area contributed by atoms with E-state index in [0.29, 0.717) is 6.54 Å². The normalized spacial score (nSPS) is 12.5. The molecule has 1 rings (SSSR count). The first-order valence-corrected chi connectivity index (χ1v) is 4.73. The van der Waals surface area contributed by atoms with Crippen LogP contribution in [0.2, 0.25) is 0 Å². The van der Waals surface area contributed by atoms with Gasteiger partial charge in [0.15, 0.2) is 0 Å². The standard InChI is InChI=1S/C8H13N3OS/c1-7(10-8(12)6-13)5-11-4-2-3-9-11/h2-4,7,13H,5-6H2,1H3,(H,10,12). The lowest BCUT2D eigenvalue weighted by Gasteiger charge is -2.12. The molecule has 1 unspecified atom stereocenters. The van der Waals surface area contributed by atoms with E-state index >= 15 is 0 Å². The number of carbonyl (C=O) groups is 1. The lowest BCUT2D eigenvalue weighted by molar-refractivity contribution is -0.119. The minimum Gasteiger partial charge on any atom is -0.351 e. The lowest BCUT2D eigenvalue weighted by atomic mass is 10.3. The predicted molar refractivity (Wildman–Crippen MR) is 53.7 cm³/mol. The maximum absolute atomic E-state index is 10.9. The van der Waals surface area contributed by atoms with Gasteiger partial charge in [0.25, 0.3) is 0 Å². The van der Waals surface area contributed by atoms with Crippen LogP contribution in [0.4, 0.5) is 0 Å². The van der Waals surface area contributed by atoms with Gasteiger partial charge in [0, 0.05) is 18.4 Å². The third-order valence-corrected chi connectivity index (χ3v) is 1.86. The Bertz CT molecular complexity index is 260. The Morgan fingerprint density at radius 2 is 2.54 bits per heavy atom. The zero-order chi connectivity index (χ0) is 9.68. The Morgan fingerprint density at radius 3 is 3.08 bits per heavy atom. The molecule has 0 aliphatic rings. The Kier molecular flexibility index (Phi) is 3.82. The highest BCUT2D eigenvalue weighted by Crippen LogP contribution is 1.90.